The number of carbonyl (C=O) groups excluding carboxylic acids is 4. The van der Waals surface area contributed by atoms with Crippen LogP contribution in [-0.2, 0) is 22.4 Å². The first-order valence-corrected chi connectivity index (χ1v) is 39.9. The van der Waals surface area contributed by atoms with E-state index < -0.39 is 11.6 Å². The molecule has 4 nitrogen and oxygen atoms in total. The van der Waals surface area contributed by atoms with Crippen LogP contribution in [-0.4, -0.2) is 23.1 Å². The largest absolute Gasteiger partial charge is 0.299 e. The number of hydrogen-bond donors (Lipinski definition) is 0. The van der Waals surface area contributed by atoms with Crippen LogP contribution >= 0.6 is 47.8 Å². The molecule has 0 N–H and O–H groups in total. The van der Waals surface area contributed by atoms with Gasteiger partial charge in [-0.2, -0.15) is 0 Å². The molecule has 582 valence electrons. The Labute approximate surface area is 703 Å². The van der Waals surface area contributed by atoms with Crippen molar-refractivity contribution in [3.8, 4) is 22.3 Å². The van der Waals surface area contributed by atoms with Gasteiger partial charge in [0.2, 0.25) is 11.6 Å². The van der Waals surface area contributed by atoms with Crippen molar-refractivity contribution in [1.29, 1.82) is 0 Å². The molecular weight excluding hydrogens is 1700 g/mol. The molecule has 0 bridgehead atoms. The van der Waals surface area contributed by atoms with Crippen LogP contribution in [0.1, 0.15) is 65.2 Å². The van der Waals surface area contributed by atoms with Gasteiger partial charge >= 0.3 is 0 Å². The van der Waals surface area contributed by atoms with Gasteiger partial charge in [-0.05, 0) is 183 Å². The maximum absolute atomic E-state index is 13.8. The van der Waals surface area contributed by atoms with Crippen molar-refractivity contribution in [2.45, 2.75) is 12.8 Å². The molecule has 15 heteroatoms. The Bertz CT molecular complexity index is 6870. The number of halogens is 11. The topological polar surface area (TPSA) is 68.3 Å². The third-order valence-corrected chi connectivity index (χ3v) is 24.1. The molecule has 0 saturated carbocycles. The molecule has 23 rings (SSSR count). The van der Waals surface area contributed by atoms with Gasteiger partial charge in [-0.15, -0.1) is 0 Å². The lowest BCUT2D eigenvalue weighted by Gasteiger charge is -2.15. The Kier molecular flexibility index (Phi) is 25.0. The molecule has 19 aromatic rings. The van der Waals surface area contributed by atoms with Crippen LogP contribution in [0.5, 0.6) is 0 Å². The molecule has 0 heterocycles. The Morgan fingerprint density at radius 3 is 0.958 bits per heavy atom. The summed E-state index contributed by atoms with van der Waals surface area (Å²) in [4.78, 5) is 48.8. The van der Waals surface area contributed by atoms with Crippen LogP contribution in [0.15, 0.2) is 359 Å². The van der Waals surface area contributed by atoms with E-state index in [1.165, 1.54) is 120 Å². The molecule has 19 aromatic carbocycles. The minimum absolute atomic E-state index is 0. The second kappa shape index (κ2) is 36.1. The van der Waals surface area contributed by atoms with E-state index in [1.807, 2.05) is 127 Å². The van der Waals surface area contributed by atoms with Crippen molar-refractivity contribution >= 4 is 202 Å². The van der Waals surface area contributed by atoms with Gasteiger partial charge in [0.1, 0.15) is 5.78 Å². The van der Waals surface area contributed by atoms with Gasteiger partial charge in [0.25, 0.3) is 0 Å². The number of rotatable bonds is 8. The van der Waals surface area contributed by atoms with Crippen LogP contribution in [0, 0.1) is 0 Å². The van der Waals surface area contributed by atoms with Crippen LogP contribution in [0.3, 0.4) is 0 Å². The van der Waals surface area contributed by atoms with Gasteiger partial charge in [-0.3, -0.25) is 28.6 Å². The number of carbonyl (C=O) groups is 4. The molecule has 4 aliphatic rings. The van der Waals surface area contributed by atoms with Gasteiger partial charge < -0.3 is 0 Å². The van der Waals surface area contributed by atoms with Crippen LogP contribution in [0.25, 0.3) is 154 Å². The molecule has 4 aliphatic carbocycles. The van der Waals surface area contributed by atoms with Crippen molar-refractivity contribution in [1.82, 2.24) is 0 Å². The average Bonchev–Trinajstić information content (AvgIpc) is 1.52. The molecule has 0 fully saturated rings. The molecule has 0 spiro atoms. The smallest absolute Gasteiger partial charge is 0.234 e. The first-order valence-electron chi connectivity index (χ1n) is 37.5. The summed E-state index contributed by atoms with van der Waals surface area (Å²) in [5.74, 6) is -0.419. The lowest BCUT2D eigenvalue weighted by Crippen LogP contribution is -2.06. The Morgan fingerprint density at radius 2 is 0.529 bits per heavy atom. The van der Waals surface area contributed by atoms with E-state index >= 15 is 0 Å². The zero-order chi connectivity index (χ0) is 81.0. The van der Waals surface area contributed by atoms with Gasteiger partial charge in [0.15, 0.2) is 5.78 Å². The predicted molar refractivity (Wildman–Crippen MR) is 486 cm³/mol. The van der Waals surface area contributed by atoms with Gasteiger partial charge in [0, 0.05) is 92.5 Å². The molecule has 0 aliphatic heterocycles. The molecule has 0 amide bonds. The number of ketones is 4. The zero-order valence-corrected chi connectivity index (χ0v) is 67.6. The van der Waals surface area contributed by atoms with E-state index in [1.54, 1.807) is 24.3 Å². The van der Waals surface area contributed by atoms with E-state index in [-0.39, 0.29) is 21.0 Å². The molecular formula is C104H65Br3F8O4. The Morgan fingerprint density at radius 1 is 0.235 bits per heavy atom. The van der Waals surface area contributed by atoms with E-state index in [0.29, 0.717) is 24.0 Å². The first kappa shape index (κ1) is 82.4. The van der Waals surface area contributed by atoms with Crippen molar-refractivity contribution in [2.75, 3.05) is 0 Å². The number of Topliss-reactive ketones (excluding diaryl/α,β-unsaturated/α-hetero) is 4. The lowest BCUT2D eigenvalue weighted by molar-refractivity contribution is -0.117. The summed E-state index contributed by atoms with van der Waals surface area (Å²) in [6.07, 6.45) is 5.40. The number of fused-ring (bicyclic) bond motifs is 9. The van der Waals surface area contributed by atoms with Crippen LogP contribution in [0.2, 0.25) is 0 Å². The van der Waals surface area contributed by atoms with Crippen LogP contribution in [0.4, 0.5) is 36.9 Å². The van der Waals surface area contributed by atoms with E-state index in [9.17, 15) is 19.2 Å². The molecule has 0 saturated heterocycles. The fraction of sp³-hybridized carbons (Fsp3) is 0.0192. The molecule has 0 unspecified atom stereocenters. The maximum Gasteiger partial charge on any atom is 0.234 e. The maximum atomic E-state index is 13.8. The van der Waals surface area contributed by atoms with Gasteiger partial charge in [-0.1, -0.05) is 381 Å². The predicted octanol–water partition coefficient (Wildman–Crippen LogP) is 30.8. The normalized spacial score (nSPS) is 12.2. The Balaban J connectivity index is 0.000000128. The molecule has 0 radical (unpaired) electrons. The first-order chi connectivity index (χ1) is 57.6. The quantitative estimate of drug-likeness (QED) is 0.112. The summed E-state index contributed by atoms with van der Waals surface area (Å²) in [6.45, 7) is 0. The third kappa shape index (κ3) is 14.9. The highest BCUT2D eigenvalue weighted by molar-refractivity contribution is 9.11. The van der Waals surface area contributed by atoms with Crippen molar-refractivity contribution in [3.63, 3.8) is 0 Å². The summed E-state index contributed by atoms with van der Waals surface area (Å²) in [6, 6.07) is 119. The van der Waals surface area contributed by atoms with Crippen molar-refractivity contribution < 1.29 is 56.0 Å². The molecule has 0 atom stereocenters. The van der Waals surface area contributed by atoms with Crippen molar-refractivity contribution in [3.05, 3.63) is 415 Å². The summed E-state index contributed by atoms with van der Waals surface area (Å²) in [5.41, 5.74) is 19.1. The van der Waals surface area contributed by atoms with E-state index in [2.05, 4.69) is 254 Å². The fourth-order valence-electron chi connectivity index (χ4n) is 17.4. The zero-order valence-electron chi connectivity index (χ0n) is 62.8. The highest BCUT2D eigenvalue weighted by Gasteiger charge is 2.41. The average molecular weight is 1770 g/mol. The summed E-state index contributed by atoms with van der Waals surface area (Å²) < 4.78 is 51.1. The highest BCUT2D eigenvalue weighted by atomic mass is 79.9. The summed E-state index contributed by atoms with van der Waals surface area (Å²) >= 11 is 11.0. The number of allylic oxidation sites excluding steroid dienone is 4. The summed E-state index contributed by atoms with van der Waals surface area (Å²) in [5, 5.41) is 22.8. The fourth-order valence-corrected chi connectivity index (χ4v) is 18.8. The highest BCUT2D eigenvalue weighted by Crippen LogP contribution is 2.59. The monoisotopic (exact) mass is 1770 g/mol. The van der Waals surface area contributed by atoms with Crippen LogP contribution < -0.4 is 0 Å². The second-order valence-electron chi connectivity index (χ2n) is 28.4. The van der Waals surface area contributed by atoms with E-state index in [4.69, 9.17) is 27.4 Å². The minimum Gasteiger partial charge on any atom is -0.299 e. The molecule has 0 aromatic heterocycles. The SMILES string of the molecule is Brc1ccc2c3c(-c4ccccc4)c4c5cccc6cccc(c4c(-c4ccccc4)c3c3cccc1c32)c65.C1=Cc2cccc3cccc1c23.F.F.FF.FF.FF.O=C(Cc1ccccc1)Cc1ccccc1.O=C1C(=O)c2ccc(Br)c3cccc1c23.O=C1C(c2ccccc2)=C2C(=C1c1ccccc1)c1ccc(Br)c3cccc2c13. The number of benzene rings is 17. The van der Waals surface area contributed by atoms with Crippen molar-refractivity contribution in [2.24, 2.45) is 0 Å². The minimum atomic E-state index is -0.395. The lowest BCUT2D eigenvalue weighted by atomic mass is 9.87. The van der Waals surface area contributed by atoms with Gasteiger partial charge in [-0.25, -0.2) is 0 Å². The second-order valence-corrected chi connectivity index (χ2v) is 30.9. The van der Waals surface area contributed by atoms with E-state index in [0.717, 1.165) is 79.9 Å². The standard InChI is InChI=1S/C38H21Br.C27H15BrO.C15H14O.C12H5BrO2.C12H8.3F2.2FH/c39-30-21-20-29-34-25(30)16-9-19-28(34)37-32(23-10-3-1-4-11-23)35-26-17-7-14-22-15-8-18-27(31(22)26)36(35)33(38(29)37)24-12-5-2-6-13-24;28-21-15-14-20-24-18(21)12-7-13-19(24)25-22(16-8-3-1-4-9-16)27(29)23(26(20)25)17-10-5-2-6-11-17;16-15(11-13-7-3-1-4-8-13)12-14-9-5-2-6-10-14;13-9-5-4-8-10-6(9)2-1-3-7(10)11(14)12(8)15;1-3-9-4-2-6-11-8-7-10(5-1)12(9)11;3*1-2;;/h1-21H;1-15H;1-10H,11-12H2;1-5H;1-8H;;;;2*1H. The van der Waals surface area contributed by atoms with Gasteiger partial charge in [0.05, 0.1) is 0 Å². The molecule has 119 heavy (non-hydrogen) atoms. The Hall–Kier alpha value is -13.2. The summed E-state index contributed by atoms with van der Waals surface area (Å²) in [7, 11) is 0. The number of hydrogen-bond acceptors (Lipinski definition) is 4. The third-order valence-electron chi connectivity index (χ3n) is 22.0.